The number of hydrogen-bond acceptors (Lipinski definition) is 10. The molecule has 0 spiro atoms. The molecule has 0 bridgehead atoms. The fourth-order valence-corrected chi connectivity index (χ4v) is 7.15. The lowest BCUT2D eigenvalue weighted by Gasteiger charge is -2.35. The molecule has 3 atom stereocenters. The summed E-state index contributed by atoms with van der Waals surface area (Å²) in [5, 5.41) is 3.79. The number of carbonyl (C=O) groups is 4. The highest BCUT2D eigenvalue weighted by molar-refractivity contribution is 5.97. The second-order valence-corrected chi connectivity index (χ2v) is 14.7. The molecule has 1 saturated carbocycles. The number of benzene rings is 4. The van der Waals surface area contributed by atoms with E-state index in [-0.39, 0.29) is 30.1 Å². The zero-order valence-electron chi connectivity index (χ0n) is 33.6. The lowest BCUT2D eigenvalue weighted by Crippen LogP contribution is -2.37. The van der Waals surface area contributed by atoms with Crippen molar-refractivity contribution in [2.75, 3.05) is 26.4 Å². The maximum Gasteiger partial charge on any atom is 0.338 e. The largest absolute Gasteiger partial charge is 0.494 e. The molecule has 10 heteroatoms. The summed E-state index contributed by atoms with van der Waals surface area (Å²) in [6, 6.07) is 22.8. The molecule has 1 fully saturated rings. The van der Waals surface area contributed by atoms with Crippen LogP contribution in [0.4, 0.5) is 0 Å². The van der Waals surface area contributed by atoms with Gasteiger partial charge in [-0.25, -0.2) is 19.2 Å². The molecule has 10 nitrogen and oxygen atoms in total. The predicted octanol–water partition coefficient (Wildman–Crippen LogP) is 10.3. The van der Waals surface area contributed by atoms with Gasteiger partial charge in [0, 0.05) is 12.2 Å². The molecule has 4 aromatic carbocycles. The number of unbranched alkanes of at least 4 members (excludes halogenated alkanes) is 6. The van der Waals surface area contributed by atoms with E-state index in [0.717, 1.165) is 90.8 Å². The second-order valence-electron chi connectivity index (χ2n) is 14.7. The molecule has 1 aliphatic carbocycles. The Kier molecular flexibility index (Phi) is 17.2. The van der Waals surface area contributed by atoms with Gasteiger partial charge in [-0.1, -0.05) is 44.3 Å². The van der Waals surface area contributed by atoms with Crippen LogP contribution in [-0.4, -0.2) is 62.5 Å². The van der Waals surface area contributed by atoms with Crippen LogP contribution in [0.3, 0.4) is 0 Å². The normalized spacial score (nSPS) is 16.3. The summed E-state index contributed by atoms with van der Waals surface area (Å²) in [7, 11) is 0. The van der Waals surface area contributed by atoms with E-state index in [2.05, 4.69) is 20.1 Å². The van der Waals surface area contributed by atoms with Crippen molar-refractivity contribution in [1.29, 1.82) is 0 Å². The number of fused-ring (bicyclic) bond motifs is 2. The Morgan fingerprint density at radius 1 is 0.569 bits per heavy atom. The SMILES string of the molecule is C=CC(=O)OCCCCCCOc1ccc2cc(C(=O)OC3CC[C@@H](OC(=O)c4ccc5cc(OCCCCCCOC(=O)C=C)ccc5c4)C[C@H]3CC)ccc2c1. The number of esters is 4. The molecule has 4 aromatic rings. The Morgan fingerprint density at radius 2 is 1.02 bits per heavy atom. The standard InChI is InChI=1S/C48H56O10/c1-4-34-31-43(57-47(51)39-17-15-37-32-41(21-19-35(37)29-39)53-25-11-7-9-13-27-55-45(49)5-2)23-24-44(34)58-48(52)40-18-16-38-33-42(22-20-36(38)30-40)54-26-12-8-10-14-28-56-46(50)6-3/h5-6,15-22,29-30,32-34,43-44H,2-4,7-14,23-28,31H2,1H3/t34-,43-,44?/m1/s1. The van der Waals surface area contributed by atoms with Crippen molar-refractivity contribution in [3.8, 4) is 11.5 Å². The maximum atomic E-state index is 13.3. The first-order valence-electron chi connectivity index (χ1n) is 20.6. The Hall–Kier alpha value is -5.64. The van der Waals surface area contributed by atoms with E-state index in [1.165, 1.54) is 12.2 Å². The Labute approximate surface area is 341 Å². The number of carbonyl (C=O) groups excluding carboxylic acids is 4. The quantitative estimate of drug-likeness (QED) is 0.0310. The Morgan fingerprint density at radius 3 is 1.50 bits per heavy atom. The van der Waals surface area contributed by atoms with Gasteiger partial charge in [0.25, 0.3) is 0 Å². The molecule has 1 unspecified atom stereocenters. The van der Waals surface area contributed by atoms with Crippen LogP contribution < -0.4 is 9.47 Å². The van der Waals surface area contributed by atoms with Gasteiger partial charge in [0.1, 0.15) is 23.7 Å². The molecule has 0 heterocycles. The highest BCUT2D eigenvalue weighted by Gasteiger charge is 2.34. The monoisotopic (exact) mass is 792 g/mol. The van der Waals surface area contributed by atoms with Crippen molar-refractivity contribution in [3.05, 3.63) is 109 Å². The first-order valence-corrected chi connectivity index (χ1v) is 20.6. The summed E-state index contributed by atoms with van der Waals surface area (Å²) in [5.41, 5.74) is 0.990. The fraction of sp³-hybridized carbons (Fsp3) is 0.417. The lowest BCUT2D eigenvalue weighted by atomic mass is 9.83. The molecule has 0 aromatic heterocycles. The smallest absolute Gasteiger partial charge is 0.338 e. The number of rotatable bonds is 23. The zero-order chi connectivity index (χ0) is 41.1. The van der Waals surface area contributed by atoms with Gasteiger partial charge in [0.05, 0.1) is 37.6 Å². The van der Waals surface area contributed by atoms with Crippen LogP contribution in [0.2, 0.25) is 0 Å². The summed E-state index contributed by atoms with van der Waals surface area (Å²) >= 11 is 0. The molecule has 0 radical (unpaired) electrons. The van der Waals surface area contributed by atoms with Gasteiger partial charge < -0.3 is 28.4 Å². The van der Waals surface area contributed by atoms with Gasteiger partial charge in [-0.2, -0.15) is 0 Å². The van der Waals surface area contributed by atoms with Gasteiger partial charge >= 0.3 is 23.9 Å². The molecule has 0 N–H and O–H groups in total. The minimum Gasteiger partial charge on any atom is -0.494 e. The van der Waals surface area contributed by atoms with E-state index >= 15 is 0 Å². The van der Waals surface area contributed by atoms with Crippen molar-refractivity contribution < 1.29 is 47.6 Å². The third-order valence-corrected chi connectivity index (χ3v) is 10.5. The summed E-state index contributed by atoms with van der Waals surface area (Å²) in [4.78, 5) is 48.8. The van der Waals surface area contributed by atoms with E-state index in [0.29, 0.717) is 56.8 Å². The van der Waals surface area contributed by atoms with Crippen LogP contribution in [0.25, 0.3) is 21.5 Å². The average Bonchev–Trinajstić information content (AvgIpc) is 3.25. The van der Waals surface area contributed by atoms with Crippen LogP contribution in [0.5, 0.6) is 11.5 Å². The van der Waals surface area contributed by atoms with Crippen molar-refractivity contribution >= 4 is 45.4 Å². The summed E-state index contributed by atoms with van der Waals surface area (Å²) in [6.45, 7) is 10.8. The van der Waals surface area contributed by atoms with E-state index in [9.17, 15) is 19.2 Å². The Bertz CT molecular complexity index is 2020. The minimum absolute atomic E-state index is 0.0718. The molecule has 1 aliphatic rings. The van der Waals surface area contributed by atoms with E-state index in [4.69, 9.17) is 28.4 Å². The second kappa shape index (κ2) is 22.9. The van der Waals surface area contributed by atoms with Gasteiger partial charge in [-0.05, 0) is 153 Å². The van der Waals surface area contributed by atoms with Crippen LogP contribution in [0.15, 0.2) is 98.1 Å². The predicted molar refractivity (Wildman–Crippen MR) is 224 cm³/mol. The highest BCUT2D eigenvalue weighted by Crippen LogP contribution is 2.33. The van der Waals surface area contributed by atoms with Gasteiger partial charge in [0.15, 0.2) is 0 Å². The highest BCUT2D eigenvalue weighted by atomic mass is 16.6. The average molecular weight is 793 g/mol. The lowest BCUT2D eigenvalue weighted by molar-refractivity contribution is -0.138. The number of ether oxygens (including phenoxy) is 6. The summed E-state index contributed by atoms with van der Waals surface area (Å²) in [5.74, 6) is 0.121. The van der Waals surface area contributed by atoms with Crippen LogP contribution in [0, 0.1) is 5.92 Å². The van der Waals surface area contributed by atoms with Gasteiger partial charge in [-0.3, -0.25) is 0 Å². The molecule has 58 heavy (non-hydrogen) atoms. The molecule has 5 rings (SSSR count). The molecular weight excluding hydrogens is 737 g/mol. The fourth-order valence-electron chi connectivity index (χ4n) is 7.15. The van der Waals surface area contributed by atoms with Crippen molar-refractivity contribution in [2.24, 2.45) is 5.92 Å². The first kappa shape index (κ1) is 43.5. The summed E-state index contributed by atoms with van der Waals surface area (Å²) in [6.07, 6.45) is 11.8. The minimum atomic E-state index is -0.390. The molecule has 308 valence electrons. The summed E-state index contributed by atoms with van der Waals surface area (Å²) < 4.78 is 34.0. The van der Waals surface area contributed by atoms with Gasteiger partial charge in [-0.15, -0.1) is 0 Å². The van der Waals surface area contributed by atoms with Crippen LogP contribution in [0.1, 0.15) is 105 Å². The van der Waals surface area contributed by atoms with Crippen LogP contribution in [-0.2, 0) is 28.5 Å². The van der Waals surface area contributed by atoms with E-state index in [1.807, 2.05) is 60.7 Å². The number of hydrogen-bond donors (Lipinski definition) is 0. The topological polar surface area (TPSA) is 124 Å². The van der Waals surface area contributed by atoms with Crippen molar-refractivity contribution in [3.63, 3.8) is 0 Å². The first-order chi connectivity index (χ1) is 28.3. The van der Waals surface area contributed by atoms with E-state index in [1.54, 1.807) is 12.1 Å². The Balaban J connectivity index is 1.03. The molecule has 0 saturated heterocycles. The third-order valence-electron chi connectivity index (χ3n) is 10.5. The third kappa shape index (κ3) is 13.5. The van der Waals surface area contributed by atoms with E-state index < -0.39 is 11.9 Å². The molecule has 0 amide bonds. The maximum absolute atomic E-state index is 13.3. The van der Waals surface area contributed by atoms with Gasteiger partial charge in [0.2, 0.25) is 0 Å². The van der Waals surface area contributed by atoms with Crippen molar-refractivity contribution in [1.82, 2.24) is 0 Å². The zero-order valence-corrected chi connectivity index (χ0v) is 33.6. The van der Waals surface area contributed by atoms with Crippen molar-refractivity contribution in [2.45, 2.75) is 96.2 Å². The van der Waals surface area contributed by atoms with Crippen LogP contribution >= 0.6 is 0 Å². The molecular formula is C48H56O10. The molecule has 0 aliphatic heterocycles.